The topological polar surface area (TPSA) is 544 Å². The summed E-state index contributed by atoms with van der Waals surface area (Å²) in [4.78, 5) is 100. The Kier molecular flexibility index (Phi) is 16.3. The van der Waals surface area contributed by atoms with Crippen LogP contribution in [0.3, 0.4) is 0 Å². The van der Waals surface area contributed by atoms with Gasteiger partial charge in [0.05, 0.1) is 45.6 Å². The summed E-state index contributed by atoms with van der Waals surface area (Å²) in [7, 11) is -25.0. The number of nitrogens with two attached hydrogens (primary N) is 2. The predicted octanol–water partition coefficient (Wildman–Crippen LogP) is -5.00. The second kappa shape index (κ2) is 21.5. The summed E-state index contributed by atoms with van der Waals surface area (Å²) in [5.41, 5.74) is 6.92. The minimum absolute atomic E-state index is 0.0171. The van der Waals surface area contributed by atoms with E-state index in [1.165, 1.54) is 17.9 Å². The number of nitrogens with one attached hydrogen (secondary N) is 3. The molecule has 43 heteroatoms. The predicted molar refractivity (Wildman–Crippen MR) is 247 cm³/mol. The van der Waals surface area contributed by atoms with Crippen molar-refractivity contribution in [2.75, 3.05) is 51.2 Å². The highest BCUT2D eigenvalue weighted by atomic mass is 32.2. The Morgan fingerprint density at radius 2 is 1.47 bits per heavy atom. The third-order valence-electron chi connectivity index (χ3n) is 11.9. The van der Waals surface area contributed by atoms with Crippen molar-refractivity contribution < 1.29 is 107 Å². The second-order valence-corrected chi connectivity index (χ2v) is 25.5. The zero-order chi connectivity index (χ0) is 55.6. The number of aryl methyl sites for hydroxylation is 1. The van der Waals surface area contributed by atoms with Gasteiger partial charge in [0, 0.05) is 31.8 Å². The smallest absolute Gasteiger partial charge is 0.387 e. The number of nitrogens with zero attached hydrogens (tertiary/aromatic N) is 8. The molecule has 5 aromatic rings. The fourth-order valence-corrected chi connectivity index (χ4v) is 14.3. The number of imidazole rings is 2. The summed E-state index contributed by atoms with van der Waals surface area (Å²) in [5.74, 6) is -1.79. The number of ether oxygens (including phenoxy) is 4. The van der Waals surface area contributed by atoms with Gasteiger partial charge in [-0.15, -0.1) is 0 Å². The maximum atomic E-state index is 14.3. The molecule has 0 saturated carbocycles. The van der Waals surface area contributed by atoms with E-state index in [4.69, 9.17) is 44.0 Å². The number of sulfonamides is 1. The van der Waals surface area contributed by atoms with Crippen molar-refractivity contribution in [1.82, 2.24) is 48.3 Å². The first kappa shape index (κ1) is 57.5. The van der Waals surface area contributed by atoms with E-state index >= 15 is 0 Å². The molecule has 420 valence electrons. The Morgan fingerprint density at radius 1 is 0.829 bits per heavy atom. The van der Waals surface area contributed by atoms with Gasteiger partial charge in [-0.3, -0.25) is 46.9 Å². The van der Waals surface area contributed by atoms with Crippen molar-refractivity contribution >= 4 is 75.2 Å². The number of aromatic nitrogens is 10. The van der Waals surface area contributed by atoms with Gasteiger partial charge in [-0.1, -0.05) is 4.98 Å². The number of anilines is 2. The maximum Gasteiger partial charge on any atom is 0.490 e. The molecule has 16 atom stereocenters. The number of fused-ring (bicyclic) bond motifs is 2. The molecule has 8 heterocycles. The molecule has 3 fully saturated rings. The first-order valence-electron chi connectivity index (χ1n) is 21.6. The van der Waals surface area contributed by atoms with Gasteiger partial charge in [-0.2, -0.15) is 8.62 Å². The van der Waals surface area contributed by atoms with Gasteiger partial charge in [0.2, 0.25) is 21.8 Å². The van der Waals surface area contributed by atoms with Crippen LogP contribution in [-0.4, -0.2) is 175 Å². The van der Waals surface area contributed by atoms with Crippen LogP contribution in [0.25, 0.3) is 22.3 Å². The molecule has 14 N–H and O–H groups in total. The number of hydrogen-bond acceptors (Lipinski definition) is 27. The number of methoxy groups -OCH3 is 1. The SMILES string of the molecule is CO[C@@H]1[C@H](P(=O)(O)OC[C@H]2O[C@@H](n3ccc(=O)[nH]c3=O)[C@H](O)[C@@H]2O)[C@@H](COP(=O)(O)OP(=O)(O)OP(=O)(O)OC[C@H]2O[C@@H]([n+]3cn(C)c4c(=O)[nH]c(N)nc43)[C@H](O)[C@@H]2CNS(C)(=O)=O)O[C@H]1n1cnc2c(N)ncnc21. The number of phosphoric acid groups is 3. The molecule has 5 aromatic heterocycles. The average molecular weight is 1180 g/mol. The molecule has 3 aliphatic rings. The average Bonchev–Trinajstić information content (AvgIpc) is 4.12. The highest BCUT2D eigenvalue weighted by molar-refractivity contribution is 7.88. The van der Waals surface area contributed by atoms with Crippen LogP contribution in [0, 0.1) is 5.92 Å². The molecule has 0 aromatic carbocycles. The number of hydrogen-bond donors (Lipinski definition) is 12. The fraction of sp³-hybridized carbons (Fsp3) is 0.576. The van der Waals surface area contributed by atoms with Crippen molar-refractivity contribution in [2.45, 2.75) is 67.1 Å². The zero-order valence-electron chi connectivity index (χ0n) is 39.1. The van der Waals surface area contributed by atoms with E-state index in [0.29, 0.717) is 0 Å². The van der Waals surface area contributed by atoms with E-state index in [1.807, 2.05) is 4.98 Å². The lowest BCUT2D eigenvalue weighted by atomic mass is 9.98. The summed E-state index contributed by atoms with van der Waals surface area (Å²) >= 11 is 0. The molecular formula is C33H48N13O25P4S+. The minimum atomic E-state index is -6.28. The summed E-state index contributed by atoms with van der Waals surface area (Å²) in [6.45, 7) is -4.08. The van der Waals surface area contributed by atoms with Crippen LogP contribution in [-0.2, 0) is 76.5 Å². The van der Waals surface area contributed by atoms with Crippen LogP contribution in [0.5, 0.6) is 0 Å². The van der Waals surface area contributed by atoms with Crippen molar-refractivity contribution in [2.24, 2.45) is 13.0 Å². The fourth-order valence-electron chi connectivity index (χ4n) is 8.58. The Hall–Kier alpha value is -4.63. The normalized spacial score (nSPS) is 30.3. The van der Waals surface area contributed by atoms with Gasteiger partial charge in [0.1, 0.15) is 54.1 Å². The van der Waals surface area contributed by atoms with Gasteiger partial charge in [0.15, 0.2) is 30.2 Å². The second-order valence-electron chi connectivity index (χ2n) is 17.0. The van der Waals surface area contributed by atoms with E-state index in [9.17, 15) is 76.0 Å². The molecule has 0 radical (unpaired) electrons. The van der Waals surface area contributed by atoms with Crippen LogP contribution in [0.2, 0.25) is 0 Å². The number of aromatic amines is 2. The van der Waals surface area contributed by atoms with Crippen molar-refractivity contribution in [3.8, 4) is 0 Å². The maximum absolute atomic E-state index is 14.3. The van der Waals surface area contributed by atoms with E-state index in [1.54, 1.807) is 0 Å². The summed E-state index contributed by atoms with van der Waals surface area (Å²) in [6, 6.07) is 0.915. The Labute approximate surface area is 423 Å². The lowest BCUT2D eigenvalue weighted by Crippen LogP contribution is -2.46. The summed E-state index contributed by atoms with van der Waals surface area (Å²) in [6.07, 6.45) is -11.8. The molecule has 0 aliphatic carbocycles. The quantitative estimate of drug-likeness (QED) is 0.0242. The van der Waals surface area contributed by atoms with Crippen molar-refractivity contribution in [3.05, 3.63) is 62.4 Å². The lowest BCUT2D eigenvalue weighted by Gasteiger charge is -2.28. The third kappa shape index (κ3) is 12.1. The number of rotatable bonds is 21. The number of aliphatic hydroxyl groups is 3. The summed E-state index contributed by atoms with van der Waals surface area (Å²) < 4.78 is 131. The highest BCUT2D eigenvalue weighted by Gasteiger charge is 2.58. The van der Waals surface area contributed by atoms with Crippen LogP contribution >= 0.6 is 31.1 Å². The first-order chi connectivity index (χ1) is 35.4. The van der Waals surface area contributed by atoms with Gasteiger partial charge in [0.25, 0.3) is 17.1 Å². The van der Waals surface area contributed by atoms with Crippen LogP contribution < -0.4 is 37.6 Å². The van der Waals surface area contributed by atoms with E-state index in [-0.39, 0.29) is 34.1 Å². The molecule has 3 aliphatic heterocycles. The van der Waals surface area contributed by atoms with Gasteiger partial charge < -0.3 is 69.8 Å². The van der Waals surface area contributed by atoms with E-state index in [2.05, 4.69) is 38.3 Å². The number of aliphatic hydroxyl groups excluding tert-OH is 3. The standard InChI is InChI=1S/C33H47N13O25P4S/c1-43-12-46(27-19(43)28(51)42-32(35)41-27)29-20(48)13(6-39-76(3,61)62)14(67-29)7-65-73(55,56)70-75(59,60)71-74(57,58)66-9-16-24(23(63-2)31(69-16)45-11-38-18-25(34)36-10-37-26(18)45)72(53,54)64-8-15-21(49)22(50)30(68-15)44-5-4-17(47)40-33(44)52/h4-5,10-16,20-24,29-31,39,48-50H,6-9H2,1-3H3,(H9-,34,35,36,37,40,41,42,47,51,52,53,54,55,56,57,58,59,60)/p+1/t13-,14-,15-,16-,20-,21-,22-,23-,24-,29-,30-,31-/m1/s1. The van der Waals surface area contributed by atoms with Gasteiger partial charge >= 0.3 is 42.4 Å². The van der Waals surface area contributed by atoms with E-state index < -0.39 is 157 Å². The molecule has 0 bridgehead atoms. The van der Waals surface area contributed by atoms with Crippen LogP contribution in [0.4, 0.5) is 11.8 Å². The lowest BCUT2D eigenvalue weighted by molar-refractivity contribution is -0.745. The molecule has 76 heavy (non-hydrogen) atoms. The number of nitrogen functional groups attached to an aromatic ring is 2. The minimum Gasteiger partial charge on any atom is -0.387 e. The van der Waals surface area contributed by atoms with Crippen molar-refractivity contribution in [3.63, 3.8) is 0 Å². The molecule has 3 saturated heterocycles. The highest BCUT2D eigenvalue weighted by Crippen LogP contribution is 2.68. The molecule has 38 nitrogen and oxygen atoms in total. The molecular weight excluding hydrogens is 1130 g/mol. The molecule has 4 unspecified atom stereocenters. The Morgan fingerprint density at radius 3 is 2.12 bits per heavy atom. The first-order valence-corrected chi connectivity index (χ1v) is 29.6. The van der Waals surface area contributed by atoms with Crippen molar-refractivity contribution in [1.29, 1.82) is 0 Å². The number of phosphoric ester groups is 2. The van der Waals surface area contributed by atoms with Crippen LogP contribution in [0.15, 0.2) is 45.6 Å². The van der Waals surface area contributed by atoms with E-state index in [0.717, 1.165) is 52.0 Å². The Balaban J connectivity index is 0.967. The summed E-state index contributed by atoms with van der Waals surface area (Å²) in [5, 5.41) is 32.8. The zero-order valence-corrected chi connectivity index (χ0v) is 43.4. The molecule has 8 rings (SSSR count). The molecule has 0 spiro atoms. The van der Waals surface area contributed by atoms with Crippen LogP contribution in [0.1, 0.15) is 18.7 Å². The monoisotopic (exact) mass is 1180 g/mol. The largest absolute Gasteiger partial charge is 0.490 e. The van der Waals surface area contributed by atoms with Gasteiger partial charge in [-0.05, 0) is 0 Å². The molecule has 0 amide bonds. The van der Waals surface area contributed by atoms with Gasteiger partial charge in [-0.25, -0.2) is 51.1 Å². The Bertz CT molecular complexity index is 3510. The number of H-pyrrole nitrogens is 2. The third-order valence-corrected chi connectivity index (χ3v) is 18.7.